The third kappa shape index (κ3) is 8.13. The van der Waals surface area contributed by atoms with Crippen molar-refractivity contribution in [1.29, 1.82) is 0 Å². The highest BCUT2D eigenvalue weighted by Crippen LogP contribution is 2.49. The van der Waals surface area contributed by atoms with E-state index in [-0.39, 0.29) is 71.5 Å². The Balaban J connectivity index is 2.01. The molecule has 1 heterocycles. The Hall–Kier alpha value is -2.38. The van der Waals surface area contributed by atoms with Crippen LogP contribution in [0.15, 0.2) is 30.3 Å². The summed E-state index contributed by atoms with van der Waals surface area (Å²) in [6.07, 6.45) is -1.25. The van der Waals surface area contributed by atoms with Crippen LogP contribution in [0.5, 0.6) is 11.5 Å². The molecule has 224 valence electrons. The van der Waals surface area contributed by atoms with Crippen LogP contribution in [0.25, 0.3) is 0 Å². The Labute approximate surface area is 248 Å². The normalized spacial score (nSPS) is 14.7. The van der Waals surface area contributed by atoms with Gasteiger partial charge in [-0.3, -0.25) is 9.59 Å². The number of halogens is 2. The first kappa shape index (κ1) is 33.1. The first-order chi connectivity index (χ1) is 19.8. The van der Waals surface area contributed by atoms with Crippen LogP contribution in [0.3, 0.4) is 0 Å². The van der Waals surface area contributed by atoms with Gasteiger partial charge in [-0.05, 0) is 29.2 Å². The van der Waals surface area contributed by atoms with Gasteiger partial charge in [0.25, 0.3) is 11.8 Å². The fourth-order valence-electron chi connectivity index (χ4n) is 3.88. The quantitative estimate of drug-likeness (QED) is 0.105. The molecule has 2 amide bonds. The molecule has 3 rings (SSSR count). The molecule has 0 saturated carbocycles. The number of hydrogen-bond donors (Lipinski definition) is 1. The van der Waals surface area contributed by atoms with Crippen molar-refractivity contribution in [3.63, 3.8) is 0 Å². The van der Waals surface area contributed by atoms with Gasteiger partial charge in [0, 0.05) is 19.8 Å². The molecule has 1 aliphatic heterocycles. The van der Waals surface area contributed by atoms with Gasteiger partial charge in [-0.1, -0.05) is 42.3 Å². The highest BCUT2D eigenvalue weighted by Gasteiger charge is 2.46. The molecule has 2 aromatic rings. The molecule has 15 heteroatoms. The predicted octanol–water partition coefficient (Wildman–Crippen LogP) is 4.77. The zero-order valence-electron chi connectivity index (χ0n) is 22.7. The number of methoxy groups -OCH3 is 2. The second-order valence-electron chi connectivity index (χ2n) is 8.50. The number of fused-ring (bicyclic) bond motifs is 1. The number of ether oxygens (including phenoxy) is 6. The fourth-order valence-corrected chi connectivity index (χ4v) is 5.19. The van der Waals surface area contributed by atoms with E-state index in [0.29, 0.717) is 18.3 Å². The van der Waals surface area contributed by atoms with Crippen LogP contribution in [0.1, 0.15) is 45.7 Å². The number of carbonyl (C=O) groups is 2. The second kappa shape index (κ2) is 16.3. The number of imide groups is 1. The van der Waals surface area contributed by atoms with Crippen LogP contribution in [0.4, 0.5) is 0 Å². The topological polar surface area (TPSA) is 139 Å². The maximum absolute atomic E-state index is 13.0. The first-order valence-corrected chi connectivity index (χ1v) is 14.5. The second-order valence-corrected chi connectivity index (χ2v) is 10.6. The van der Waals surface area contributed by atoms with Crippen LogP contribution >= 0.6 is 31.2 Å². The lowest BCUT2D eigenvalue weighted by atomic mass is 10.0. The molecule has 0 saturated heterocycles. The molecule has 0 aromatic heterocycles. The highest BCUT2D eigenvalue weighted by molar-refractivity contribution is 7.39. The summed E-state index contributed by atoms with van der Waals surface area (Å²) in [6, 6.07) is 7.54. The van der Waals surface area contributed by atoms with Crippen molar-refractivity contribution in [2.45, 2.75) is 25.1 Å². The molecular formula is C26H31Cl2NO11P+. The summed E-state index contributed by atoms with van der Waals surface area (Å²) < 4.78 is 44.5. The Morgan fingerprint density at radius 2 is 1.44 bits per heavy atom. The molecule has 3 atom stereocenters. The number of amides is 2. The first-order valence-electron chi connectivity index (χ1n) is 12.5. The maximum atomic E-state index is 13.0. The number of benzene rings is 2. The summed E-state index contributed by atoms with van der Waals surface area (Å²) >= 11 is 13.4. The van der Waals surface area contributed by atoms with Crippen molar-refractivity contribution >= 4 is 43.0 Å². The Bertz CT molecular complexity index is 1200. The number of rotatable bonds is 18. The lowest BCUT2D eigenvalue weighted by molar-refractivity contribution is -0.135. The molecule has 3 unspecified atom stereocenters. The van der Waals surface area contributed by atoms with Gasteiger partial charge in [-0.25, -0.2) is 4.84 Å². The number of carbonyl (C=O) groups excluding carboxylic acids is 2. The van der Waals surface area contributed by atoms with E-state index >= 15 is 0 Å². The molecule has 0 fully saturated rings. The third-order valence-corrected chi connectivity index (χ3v) is 7.80. The minimum atomic E-state index is -2.88. The minimum absolute atomic E-state index is 0.00842. The van der Waals surface area contributed by atoms with Crippen LogP contribution < -0.4 is 9.47 Å². The van der Waals surface area contributed by atoms with E-state index in [9.17, 15) is 19.0 Å². The number of hydrogen-bond acceptors (Lipinski definition) is 10. The fraction of sp³-hybridized carbons (Fsp3) is 0.462. The highest BCUT2D eigenvalue weighted by atomic mass is 35.5. The van der Waals surface area contributed by atoms with E-state index in [1.807, 2.05) is 0 Å². The van der Waals surface area contributed by atoms with Crippen molar-refractivity contribution in [3.05, 3.63) is 57.1 Å². The van der Waals surface area contributed by atoms with Gasteiger partial charge in [0.05, 0.1) is 47.6 Å². The van der Waals surface area contributed by atoms with Gasteiger partial charge < -0.3 is 28.4 Å². The van der Waals surface area contributed by atoms with Crippen LogP contribution in [0, 0.1) is 0 Å². The van der Waals surface area contributed by atoms with E-state index in [1.54, 1.807) is 19.1 Å². The largest absolute Gasteiger partial charge is 0.511 e. The molecule has 1 N–H and O–H groups in total. The van der Waals surface area contributed by atoms with Gasteiger partial charge >= 0.3 is 8.03 Å². The van der Waals surface area contributed by atoms with Gasteiger partial charge in [0.15, 0.2) is 31.2 Å². The summed E-state index contributed by atoms with van der Waals surface area (Å²) in [4.78, 5) is 42.1. The molecule has 1 aliphatic rings. The van der Waals surface area contributed by atoms with Crippen molar-refractivity contribution in [2.75, 3.05) is 54.2 Å². The summed E-state index contributed by atoms with van der Waals surface area (Å²) in [7, 11) is 0.170. The van der Waals surface area contributed by atoms with E-state index in [0.717, 1.165) is 0 Å². The summed E-state index contributed by atoms with van der Waals surface area (Å²) in [5.41, 5.74) is -0.748. The monoisotopic (exact) mass is 634 g/mol. The molecule has 12 nitrogen and oxygen atoms in total. The average Bonchev–Trinajstić information content (AvgIpc) is 3.19. The average molecular weight is 635 g/mol. The minimum Gasteiger partial charge on any atom is -0.462 e. The summed E-state index contributed by atoms with van der Waals surface area (Å²) in [5, 5.41) is 0.447. The van der Waals surface area contributed by atoms with Crippen LogP contribution in [-0.2, 0) is 28.4 Å². The zero-order valence-corrected chi connectivity index (χ0v) is 25.1. The molecule has 41 heavy (non-hydrogen) atoms. The summed E-state index contributed by atoms with van der Waals surface area (Å²) in [5.74, 6) is -1.51. The lowest BCUT2D eigenvalue weighted by Crippen LogP contribution is -2.35. The Kier molecular flexibility index (Phi) is 13.2. The van der Waals surface area contributed by atoms with Crippen molar-refractivity contribution in [2.24, 2.45) is 0 Å². The molecular weight excluding hydrogens is 604 g/mol. The number of nitrogens with zero attached hydrogens (tertiary/aromatic N) is 1. The van der Waals surface area contributed by atoms with Crippen molar-refractivity contribution in [3.8, 4) is 11.5 Å². The van der Waals surface area contributed by atoms with E-state index in [1.165, 1.54) is 32.4 Å². The van der Waals surface area contributed by atoms with Gasteiger partial charge in [-0.15, -0.1) is 5.06 Å². The van der Waals surface area contributed by atoms with Crippen LogP contribution in [-0.4, -0.2) is 81.7 Å². The van der Waals surface area contributed by atoms with Crippen molar-refractivity contribution < 1.29 is 52.3 Å². The van der Waals surface area contributed by atoms with E-state index < -0.39 is 31.6 Å². The molecule has 0 spiro atoms. The van der Waals surface area contributed by atoms with Crippen LogP contribution in [0.2, 0.25) is 10.0 Å². The predicted molar refractivity (Wildman–Crippen MR) is 148 cm³/mol. The summed E-state index contributed by atoms with van der Waals surface area (Å²) in [6.45, 7) is 2.25. The maximum Gasteiger partial charge on any atom is 0.511 e. The van der Waals surface area contributed by atoms with E-state index in [2.05, 4.69) is 0 Å². The van der Waals surface area contributed by atoms with Gasteiger partial charge in [0.1, 0.15) is 0 Å². The zero-order chi connectivity index (χ0) is 29.9. The van der Waals surface area contributed by atoms with Gasteiger partial charge in [0.2, 0.25) is 5.66 Å². The SMILES string of the molecule is CCC(C(ON1C(=O)c2ccccc2C1=O)c1cc(Cl)c(OCOCCOC)c(OCOCCOC)c1Cl)[P+](=O)O. The van der Waals surface area contributed by atoms with Gasteiger partial charge in [-0.2, -0.15) is 4.89 Å². The Morgan fingerprint density at radius 3 is 1.93 bits per heavy atom. The standard InChI is InChI=1S/C26H30Cl2NO11P/c1-4-20(41(32)33)22(40-29-25(30)16-7-5-6-8-17(16)26(29)31)18-13-19(27)23(38-14-36-11-9-34-2)24(21(18)28)39-15-37-12-10-35-3/h5-8,13,20,22H,4,9-12,14-15H2,1-3H3/p+1. The van der Waals surface area contributed by atoms with Crippen molar-refractivity contribution in [1.82, 2.24) is 5.06 Å². The smallest absolute Gasteiger partial charge is 0.462 e. The third-order valence-electron chi connectivity index (χ3n) is 5.93. The van der Waals surface area contributed by atoms with E-state index in [4.69, 9.17) is 56.5 Å². The number of hydroxylamine groups is 2. The molecule has 0 aliphatic carbocycles. The molecule has 0 radical (unpaired) electrons. The Morgan fingerprint density at radius 1 is 0.902 bits per heavy atom. The molecule has 2 aromatic carbocycles. The molecule has 0 bridgehead atoms. The lowest BCUT2D eigenvalue weighted by Gasteiger charge is -2.26.